The zero-order valence-corrected chi connectivity index (χ0v) is 13.2. The second-order valence-electron chi connectivity index (χ2n) is 5.79. The van der Waals surface area contributed by atoms with Crippen molar-refractivity contribution in [2.45, 2.75) is 19.8 Å². The molecular weight excluding hydrogens is 288 g/mol. The first-order chi connectivity index (χ1) is 9.74. The third kappa shape index (κ3) is 3.66. The average molecular weight is 311 g/mol. The molecule has 1 atom stereocenters. The monoisotopic (exact) mass is 310 g/mol. The summed E-state index contributed by atoms with van der Waals surface area (Å²) in [5, 5.41) is 6.11. The third-order valence-corrected chi connectivity index (χ3v) is 4.40. The van der Waals surface area contributed by atoms with Crippen LogP contribution in [0.1, 0.15) is 19.8 Å². The van der Waals surface area contributed by atoms with E-state index in [-0.39, 0.29) is 24.2 Å². The normalized spacial score (nSPS) is 19.6. The van der Waals surface area contributed by atoms with Gasteiger partial charge in [-0.3, -0.25) is 4.79 Å². The first-order valence-corrected chi connectivity index (χ1v) is 7.46. The van der Waals surface area contributed by atoms with Gasteiger partial charge >= 0.3 is 0 Å². The molecule has 1 aromatic heterocycles. The number of carbonyl (C=O) groups is 1. The van der Waals surface area contributed by atoms with Gasteiger partial charge in [0.25, 0.3) is 0 Å². The summed E-state index contributed by atoms with van der Waals surface area (Å²) in [6, 6.07) is 3.95. The fourth-order valence-corrected chi connectivity index (χ4v) is 2.74. The van der Waals surface area contributed by atoms with E-state index in [0.717, 1.165) is 31.9 Å². The Hall–Kier alpha value is -1.33. The lowest BCUT2D eigenvalue weighted by atomic mass is 9.88. The van der Waals surface area contributed by atoms with Crippen LogP contribution in [0.25, 0.3) is 0 Å². The van der Waals surface area contributed by atoms with Gasteiger partial charge in [-0.25, -0.2) is 4.98 Å². The van der Waals surface area contributed by atoms with Crippen LogP contribution in [0, 0.1) is 11.8 Å². The molecule has 21 heavy (non-hydrogen) atoms. The molecule has 0 aromatic carbocycles. The molecule has 5 nitrogen and oxygen atoms in total. The van der Waals surface area contributed by atoms with E-state index in [0.29, 0.717) is 11.7 Å². The summed E-state index contributed by atoms with van der Waals surface area (Å²) in [5.74, 6) is 1.21. The number of halogens is 1. The number of aromatic nitrogens is 1. The molecule has 2 fully saturated rings. The number of nitrogens with zero attached hydrogens (tertiary/aromatic N) is 2. The van der Waals surface area contributed by atoms with Crippen LogP contribution in [0.3, 0.4) is 0 Å². The topological polar surface area (TPSA) is 57.3 Å². The average Bonchev–Trinajstić information content (AvgIpc) is 2.91. The fourth-order valence-electron chi connectivity index (χ4n) is 2.74. The Kier molecular flexibility index (Phi) is 5.42. The maximum absolute atomic E-state index is 12.1. The Morgan fingerprint density at radius 3 is 2.62 bits per heavy atom. The largest absolute Gasteiger partial charge is 0.370 e. The number of rotatable bonds is 4. The maximum atomic E-state index is 12.1. The van der Waals surface area contributed by atoms with E-state index in [1.54, 1.807) is 0 Å². The van der Waals surface area contributed by atoms with Gasteiger partial charge < -0.3 is 15.5 Å². The number of hydrogen-bond donors (Lipinski definition) is 2. The molecule has 0 aliphatic carbocycles. The molecule has 3 rings (SSSR count). The highest BCUT2D eigenvalue weighted by atomic mass is 35.5. The zero-order valence-electron chi connectivity index (χ0n) is 12.3. The van der Waals surface area contributed by atoms with Crippen LogP contribution in [0.15, 0.2) is 18.3 Å². The van der Waals surface area contributed by atoms with E-state index >= 15 is 0 Å². The summed E-state index contributed by atoms with van der Waals surface area (Å²) in [6.45, 7) is 6.09. The maximum Gasteiger partial charge on any atom is 0.228 e. The van der Waals surface area contributed by atoms with Crippen molar-refractivity contribution in [3.05, 3.63) is 18.3 Å². The first-order valence-electron chi connectivity index (χ1n) is 7.46. The molecule has 3 heterocycles. The van der Waals surface area contributed by atoms with E-state index in [1.165, 1.54) is 12.8 Å². The molecule has 1 aromatic rings. The summed E-state index contributed by atoms with van der Waals surface area (Å²) in [5.41, 5.74) is 1.15. The van der Waals surface area contributed by atoms with Crippen molar-refractivity contribution >= 4 is 29.8 Å². The Bertz CT molecular complexity index is 469. The SMILES string of the molecule is CC(C(=O)Nc1ccc(N2CCCC2)cn1)C1CNC1.Cl. The van der Waals surface area contributed by atoms with Gasteiger partial charge in [0, 0.05) is 19.0 Å². The third-order valence-electron chi connectivity index (χ3n) is 4.40. The van der Waals surface area contributed by atoms with Crippen LogP contribution in [0.2, 0.25) is 0 Å². The molecule has 1 amide bonds. The van der Waals surface area contributed by atoms with Crippen molar-refractivity contribution in [1.29, 1.82) is 0 Å². The van der Waals surface area contributed by atoms with Crippen LogP contribution in [0.5, 0.6) is 0 Å². The molecule has 2 N–H and O–H groups in total. The van der Waals surface area contributed by atoms with Crippen molar-refractivity contribution in [2.24, 2.45) is 11.8 Å². The Morgan fingerprint density at radius 2 is 2.10 bits per heavy atom. The van der Waals surface area contributed by atoms with Crippen LogP contribution >= 0.6 is 12.4 Å². The molecular formula is C15H23ClN4O. The van der Waals surface area contributed by atoms with E-state index in [2.05, 4.69) is 20.5 Å². The number of nitrogens with one attached hydrogen (secondary N) is 2. The number of amides is 1. The van der Waals surface area contributed by atoms with Crippen molar-refractivity contribution in [3.63, 3.8) is 0 Å². The zero-order chi connectivity index (χ0) is 13.9. The second kappa shape index (κ2) is 7.09. The molecule has 0 bridgehead atoms. The summed E-state index contributed by atoms with van der Waals surface area (Å²) >= 11 is 0. The highest BCUT2D eigenvalue weighted by molar-refractivity contribution is 5.91. The highest BCUT2D eigenvalue weighted by Gasteiger charge is 2.28. The van der Waals surface area contributed by atoms with Gasteiger partial charge in [0.05, 0.1) is 11.9 Å². The predicted octanol–water partition coefficient (Wildman–Crippen LogP) is 1.90. The summed E-state index contributed by atoms with van der Waals surface area (Å²) in [7, 11) is 0. The van der Waals surface area contributed by atoms with E-state index < -0.39 is 0 Å². The van der Waals surface area contributed by atoms with Crippen molar-refractivity contribution < 1.29 is 4.79 Å². The van der Waals surface area contributed by atoms with Crippen molar-refractivity contribution in [2.75, 3.05) is 36.4 Å². The Labute approximate surface area is 131 Å². The molecule has 2 saturated heterocycles. The van der Waals surface area contributed by atoms with Gasteiger partial charge in [-0.1, -0.05) is 6.92 Å². The number of pyridine rings is 1. The molecule has 0 radical (unpaired) electrons. The van der Waals surface area contributed by atoms with Gasteiger partial charge in [-0.15, -0.1) is 12.4 Å². The summed E-state index contributed by atoms with van der Waals surface area (Å²) < 4.78 is 0. The number of anilines is 2. The van der Waals surface area contributed by atoms with Gasteiger partial charge in [-0.2, -0.15) is 0 Å². The first kappa shape index (κ1) is 16.0. The highest BCUT2D eigenvalue weighted by Crippen LogP contribution is 2.21. The van der Waals surface area contributed by atoms with Crippen LogP contribution in [-0.2, 0) is 4.79 Å². The lowest BCUT2D eigenvalue weighted by Gasteiger charge is -2.31. The van der Waals surface area contributed by atoms with Crippen LogP contribution < -0.4 is 15.5 Å². The van der Waals surface area contributed by atoms with Gasteiger partial charge in [0.2, 0.25) is 5.91 Å². The minimum absolute atomic E-state index is 0. The van der Waals surface area contributed by atoms with Crippen molar-refractivity contribution in [1.82, 2.24) is 10.3 Å². The minimum atomic E-state index is 0. The quantitative estimate of drug-likeness (QED) is 0.892. The van der Waals surface area contributed by atoms with Crippen molar-refractivity contribution in [3.8, 4) is 0 Å². The molecule has 6 heteroatoms. The van der Waals surface area contributed by atoms with E-state index in [1.807, 2.05) is 25.3 Å². The fraction of sp³-hybridized carbons (Fsp3) is 0.600. The second-order valence-corrected chi connectivity index (χ2v) is 5.79. The lowest BCUT2D eigenvalue weighted by molar-refractivity contribution is -0.121. The summed E-state index contributed by atoms with van der Waals surface area (Å²) in [6.07, 6.45) is 4.37. The molecule has 2 aliphatic rings. The Balaban J connectivity index is 0.00000161. The minimum Gasteiger partial charge on any atom is -0.370 e. The van der Waals surface area contributed by atoms with Crippen LogP contribution in [0.4, 0.5) is 11.5 Å². The molecule has 1 unspecified atom stereocenters. The number of hydrogen-bond acceptors (Lipinski definition) is 4. The molecule has 0 spiro atoms. The van der Waals surface area contributed by atoms with E-state index in [9.17, 15) is 4.79 Å². The molecule has 0 saturated carbocycles. The Morgan fingerprint density at radius 1 is 1.38 bits per heavy atom. The van der Waals surface area contributed by atoms with Crippen LogP contribution in [-0.4, -0.2) is 37.1 Å². The lowest BCUT2D eigenvalue weighted by Crippen LogP contribution is -2.48. The van der Waals surface area contributed by atoms with E-state index in [4.69, 9.17) is 0 Å². The van der Waals surface area contributed by atoms with Gasteiger partial charge in [-0.05, 0) is 44.0 Å². The molecule has 116 valence electrons. The smallest absolute Gasteiger partial charge is 0.228 e. The number of carbonyl (C=O) groups excluding carboxylic acids is 1. The van der Waals surface area contributed by atoms with Gasteiger partial charge in [0.15, 0.2) is 0 Å². The predicted molar refractivity (Wildman–Crippen MR) is 87.1 cm³/mol. The summed E-state index contributed by atoms with van der Waals surface area (Å²) in [4.78, 5) is 18.8. The molecule has 2 aliphatic heterocycles. The standard InChI is InChI=1S/C15H22N4O.ClH/c1-11(12-8-16-9-12)15(20)18-14-5-4-13(10-17-14)19-6-2-3-7-19;/h4-5,10-12,16H,2-3,6-9H2,1H3,(H,17,18,20);1H. The van der Waals surface area contributed by atoms with Gasteiger partial charge in [0.1, 0.15) is 5.82 Å².